The van der Waals surface area contributed by atoms with E-state index in [0.717, 1.165) is 36.6 Å². The van der Waals surface area contributed by atoms with Gasteiger partial charge < -0.3 is 10.2 Å². The van der Waals surface area contributed by atoms with E-state index >= 15 is 0 Å². The number of hydrogen-bond donors (Lipinski definition) is 1. The highest BCUT2D eigenvalue weighted by Crippen LogP contribution is 2.19. The number of thiazole rings is 1. The molecule has 21 heavy (non-hydrogen) atoms. The molecule has 0 saturated carbocycles. The van der Waals surface area contributed by atoms with Gasteiger partial charge in [-0.3, -0.25) is 9.48 Å². The van der Waals surface area contributed by atoms with Gasteiger partial charge in [-0.1, -0.05) is 0 Å². The largest absolute Gasteiger partial charge is 0.367 e. The molecule has 0 spiro atoms. The van der Waals surface area contributed by atoms with Crippen molar-refractivity contribution >= 4 is 22.9 Å². The average Bonchev–Trinajstić information content (AvgIpc) is 3.08. The van der Waals surface area contributed by atoms with Crippen LogP contribution in [0.15, 0.2) is 18.6 Å². The van der Waals surface area contributed by atoms with Crippen molar-refractivity contribution in [2.75, 3.05) is 18.0 Å². The number of carbonyl (C=O) groups excluding carboxylic acids is 1. The fourth-order valence-corrected chi connectivity index (χ4v) is 3.30. The van der Waals surface area contributed by atoms with Gasteiger partial charge in [0.2, 0.25) is 0 Å². The Morgan fingerprint density at radius 1 is 1.48 bits per heavy atom. The minimum Gasteiger partial charge on any atom is -0.367 e. The van der Waals surface area contributed by atoms with Gasteiger partial charge in [0, 0.05) is 32.4 Å². The summed E-state index contributed by atoms with van der Waals surface area (Å²) in [6.45, 7) is 3.75. The van der Waals surface area contributed by atoms with E-state index in [0.29, 0.717) is 4.88 Å². The molecule has 2 aromatic heterocycles. The SMILES string of the molecule is Cc1ncc(C(=O)N[C@H]2CCCN(c3cnn(C)c3)C2)s1. The van der Waals surface area contributed by atoms with E-state index in [1.54, 1.807) is 10.9 Å². The molecule has 0 bridgehead atoms. The molecule has 1 fully saturated rings. The smallest absolute Gasteiger partial charge is 0.263 e. The maximum absolute atomic E-state index is 12.2. The van der Waals surface area contributed by atoms with Crippen molar-refractivity contribution in [3.63, 3.8) is 0 Å². The van der Waals surface area contributed by atoms with Crippen LogP contribution in [0.1, 0.15) is 27.5 Å². The van der Waals surface area contributed by atoms with Gasteiger partial charge in [0.25, 0.3) is 5.91 Å². The van der Waals surface area contributed by atoms with Crippen LogP contribution in [0, 0.1) is 6.92 Å². The Kier molecular flexibility index (Phi) is 3.92. The summed E-state index contributed by atoms with van der Waals surface area (Å²) in [5.41, 5.74) is 1.12. The number of amides is 1. The molecular formula is C14H19N5OS. The van der Waals surface area contributed by atoms with Crippen LogP contribution in [0.3, 0.4) is 0 Å². The molecule has 1 aliphatic heterocycles. The third kappa shape index (κ3) is 3.24. The Bertz CT molecular complexity index is 635. The van der Waals surface area contributed by atoms with Crippen LogP contribution >= 0.6 is 11.3 Å². The Morgan fingerprint density at radius 2 is 2.33 bits per heavy atom. The molecule has 1 amide bonds. The second-order valence-corrected chi connectivity index (χ2v) is 6.61. The van der Waals surface area contributed by atoms with Gasteiger partial charge in [-0.25, -0.2) is 4.98 Å². The highest BCUT2D eigenvalue weighted by Gasteiger charge is 2.23. The van der Waals surface area contributed by atoms with Gasteiger partial charge in [0.1, 0.15) is 4.88 Å². The third-order valence-electron chi connectivity index (χ3n) is 3.66. The highest BCUT2D eigenvalue weighted by molar-refractivity contribution is 7.13. The Hall–Kier alpha value is -1.89. The van der Waals surface area contributed by atoms with E-state index in [1.165, 1.54) is 11.3 Å². The standard InChI is InChI=1S/C14H19N5OS/c1-10-15-7-13(21-10)14(20)17-11-4-3-5-19(8-11)12-6-16-18(2)9-12/h6-7,9,11H,3-5,8H2,1-2H3,(H,17,20)/t11-/m0/s1. The first-order chi connectivity index (χ1) is 10.1. The quantitative estimate of drug-likeness (QED) is 0.935. The number of aryl methyl sites for hydroxylation is 2. The maximum Gasteiger partial charge on any atom is 0.263 e. The fraction of sp³-hybridized carbons (Fsp3) is 0.500. The summed E-state index contributed by atoms with van der Waals surface area (Å²) >= 11 is 1.43. The van der Waals surface area contributed by atoms with Crippen LogP contribution in [0.2, 0.25) is 0 Å². The number of aromatic nitrogens is 3. The number of hydrogen-bond acceptors (Lipinski definition) is 5. The molecule has 0 aliphatic carbocycles. The molecular weight excluding hydrogens is 286 g/mol. The van der Waals surface area contributed by atoms with Gasteiger partial charge in [-0.2, -0.15) is 5.10 Å². The van der Waals surface area contributed by atoms with Gasteiger partial charge >= 0.3 is 0 Å². The molecule has 0 unspecified atom stereocenters. The van der Waals surface area contributed by atoms with Crippen molar-refractivity contribution in [3.8, 4) is 0 Å². The number of nitrogens with one attached hydrogen (secondary N) is 1. The molecule has 7 heteroatoms. The van der Waals surface area contributed by atoms with Crippen molar-refractivity contribution in [1.82, 2.24) is 20.1 Å². The summed E-state index contributed by atoms with van der Waals surface area (Å²) in [6, 6.07) is 0.175. The van der Waals surface area contributed by atoms with Crippen molar-refractivity contribution in [2.45, 2.75) is 25.8 Å². The lowest BCUT2D eigenvalue weighted by atomic mass is 10.1. The van der Waals surface area contributed by atoms with Crippen LogP contribution < -0.4 is 10.2 Å². The zero-order valence-electron chi connectivity index (χ0n) is 12.2. The number of carbonyl (C=O) groups is 1. The minimum absolute atomic E-state index is 0.0152. The predicted octanol–water partition coefficient (Wildman–Crippen LogP) is 1.58. The highest BCUT2D eigenvalue weighted by atomic mass is 32.1. The van der Waals surface area contributed by atoms with E-state index in [4.69, 9.17) is 0 Å². The second kappa shape index (κ2) is 5.85. The number of piperidine rings is 1. The molecule has 3 heterocycles. The molecule has 1 aliphatic rings. The summed E-state index contributed by atoms with van der Waals surface area (Å²) < 4.78 is 1.80. The normalized spacial score (nSPS) is 18.8. The van der Waals surface area contributed by atoms with Crippen molar-refractivity contribution in [3.05, 3.63) is 28.5 Å². The first kappa shape index (κ1) is 14.1. The molecule has 1 N–H and O–H groups in total. The minimum atomic E-state index is -0.0152. The van der Waals surface area contributed by atoms with Crippen molar-refractivity contribution in [1.29, 1.82) is 0 Å². The molecule has 2 aromatic rings. The summed E-state index contributed by atoms with van der Waals surface area (Å²) in [4.78, 5) is 19.3. The van der Waals surface area contributed by atoms with E-state index in [2.05, 4.69) is 20.3 Å². The van der Waals surface area contributed by atoms with Gasteiger partial charge in [-0.15, -0.1) is 11.3 Å². The molecule has 112 valence electrons. The lowest BCUT2D eigenvalue weighted by Crippen LogP contribution is -2.47. The molecule has 1 atom stereocenters. The first-order valence-corrected chi connectivity index (χ1v) is 7.90. The molecule has 6 nitrogen and oxygen atoms in total. The van der Waals surface area contributed by atoms with Crippen LogP contribution in [0.5, 0.6) is 0 Å². The first-order valence-electron chi connectivity index (χ1n) is 7.09. The monoisotopic (exact) mass is 305 g/mol. The van der Waals surface area contributed by atoms with Crippen LogP contribution in [0.4, 0.5) is 5.69 Å². The topological polar surface area (TPSA) is 63.1 Å². The number of nitrogens with zero attached hydrogens (tertiary/aromatic N) is 4. The Balaban J connectivity index is 1.62. The van der Waals surface area contributed by atoms with E-state index in [9.17, 15) is 4.79 Å². The van der Waals surface area contributed by atoms with Crippen molar-refractivity contribution in [2.24, 2.45) is 7.05 Å². The van der Waals surface area contributed by atoms with Gasteiger partial charge in [0.15, 0.2) is 0 Å². The fourth-order valence-electron chi connectivity index (χ4n) is 2.62. The summed E-state index contributed by atoms with van der Waals surface area (Å²) in [7, 11) is 1.92. The molecule has 1 saturated heterocycles. The Morgan fingerprint density at radius 3 is 3.00 bits per heavy atom. The molecule has 0 radical (unpaired) electrons. The zero-order chi connectivity index (χ0) is 14.8. The van der Waals surface area contributed by atoms with Gasteiger partial charge in [-0.05, 0) is 19.8 Å². The lowest BCUT2D eigenvalue weighted by molar-refractivity contribution is 0.0937. The van der Waals surface area contributed by atoms with Crippen LogP contribution in [-0.2, 0) is 7.05 Å². The van der Waals surface area contributed by atoms with Gasteiger partial charge in [0.05, 0.1) is 23.1 Å². The second-order valence-electron chi connectivity index (χ2n) is 5.37. The summed E-state index contributed by atoms with van der Waals surface area (Å²) in [5.74, 6) is -0.0152. The average molecular weight is 305 g/mol. The molecule has 3 rings (SSSR count). The maximum atomic E-state index is 12.2. The predicted molar refractivity (Wildman–Crippen MR) is 82.8 cm³/mol. The van der Waals surface area contributed by atoms with Crippen molar-refractivity contribution < 1.29 is 4.79 Å². The lowest BCUT2D eigenvalue weighted by Gasteiger charge is -2.33. The van der Waals surface area contributed by atoms with E-state index < -0.39 is 0 Å². The zero-order valence-corrected chi connectivity index (χ0v) is 13.1. The van der Waals surface area contributed by atoms with E-state index in [1.807, 2.05) is 26.4 Å². The van der Waals surface area contributed by atoms with E-state index in [-0.39, 0.29) is 11.9 Å². The number of anilines is 1. The van der Waals surface area contributed by atoms with Crippen LogP contribution in [-0.4, -0.2) is 39.8 Å². The Labute approximate surface area is 127 Å². The summed E-state index contributed by atoms with van der Waals surface area (Å²) in [5, 5.41) is 8.24. The number of rotatable bonds is 3. The molecule has 0 aromatic carbocycles. The third-order valence-corrected chi connectivity index (χ3v) is 4.57. The van der Waals surface area contributed by atoms with Crippen LogP contribution in [0.25, 0.3) is 0 Å². The summed E-state index contributed by atoms with van der Waals surface area (Å²) in [6.07, 6.45) is 7.62.